The van der Waals surface area contributed by atoms with E-state index in [0.717, 1.165) is 23.0 Å². The van der Waals surface area contributed by atoms with Crippen molar-refractivity contribution in [2.45, 2.75) is 39.0 Å². The molecule has 0 aromatic carbocycles. The molecular formula is C13H18N2O3S. The van der Waals surface area contributed by atoms with Crippen molar-refractivity contribution in [3.8, 4) is 0 Å². The first kappa shape index (κ1) is 14.0. The Labute approximate surface area is 116 Å². The van der Waals surface area contributed by atoms with E-state index in [0.29, 0.717) is 17.8 Å². The van der Waals surface area contributed by atoms with Crippen molar-refractivity contribution in [1.82, 2.24) is 10.3 Å². The summed E-state index contributed by atoms with van der Waals surface area (Å²) in [7, 11) is 0. The number of nitrogens with zero attached hydrogens (tertiary/aromatic N) is 1. The van der Waals surface area contributed by atoms with E-state index < -0.39 is 5.97 Å². The Morgan fingerprint density at radius 1 is 1.47 bits per heavy atom. The van der Waals surface area contributed by atoms with E-state index in [4.69, 9.17) is 5.11 Å². The molecule has 1 fully saturated rings. The molecule has 19 heavy (non-hydrogen) atoms. The summed E-state index contributed by atoms with van der Waals surface area (Å²) in [5.41, 5.74) is 0.774. The number of hydrogen-bond acceptors (Lipinski definition) is 4. The lowest BCUT2D eigenvalue weighted by Gasteiger charge is -2.02. The number of carboxylic acids is 1. The first-order valence-electron chi connectivity index (χ1n) is 6.52. The third-order valence-corrected chi connectivity index (χ3v) is 4.24. The zero-order valence-electron chi connectivity index (χ0n) is 10.9. The summed E-state index contributed by atoms with van der Waals surface area (Å²) in [5, 5.41) is 12.3. The van der Waals surface area contributed by atoms with Gasteiger partial charge >= 0.3 is 5.97 Å². The fraction of sp³-hybridized carbons (Fsp3) is 0.615. The summed E-state index contributed by atoms with van der Waals surface area (Å²) in [6.45, 7) is 2.24. The van der Waals surface area contributed by atoms with E-state index in [1.54, 1.807) is 0 Å². The third kappa shape index (κ3) is 4.31. The van der Waals surface area contributed by atoms with Crippen molar-refractivity contribution in [2.24, 2.45) is 5.92 Å². The van der Waals surface area contributed by atoms with Crippen molar-refractivity contribution >= 4 is 23.2 Å². The van der Waals surface area contributed by atoms with Crippen LogP contribution in [0.4, 0.5) is 0 Å². The molecule has 0 aliphatic heterocycles. The highest BCUT2D eigenvalue weighted by Crippen LogP contribution is 2.34. The van der Waals surface area contributed by atoms with Crippen LogP contribution >= 0.6 is 11.3 Å². The van der Waals surface area contributed by atoms with Crippen LogP contribution in [-0.4, -0.2) is 28.5 Å². The number of carbonyl (C=O) groups is 2. The van der Waals surface area contributed by atoms with Crippen molar-refractivity contribution in [3.63, 3.8) is 0 Å². The maximum absolute atomic E-state index is 11.9. The van der Waals surface area contributed by atoms with E-state index in [2.05, 4.69) is 10.3 Å². The molecular weight excluding hydrogens is 264 g/mol. The molecule has 1 aromatic heterocycles. The van der Waals surface area contributed by atoms with Crippen LogP contribution in [0.1, 0.15) is 46.1 Å². The van der Waals surface area contributed by atoms with Gasteiger partial charge in [-0.3, -0.25) is 9.59 Å². The van der Waals surface area contributed by atoms with Crippen LogP contribution in [0.15, 0.2) is 0 Å². The minimum atomic E-state index is -0.838. The normalized spacial score (nSPS) is 14.4. The fourth-order valence-electron chi connectivity index (χ4n) is 1.84. The van der Waals surface area contributed by atoms with Crippen LogP contribution in [0.3, 0.4) is 0 Å². The lowest BCUT2D eigenvalue weighted by atomic mass is 10.3. The van der Waals surface area contributed by atoms with Gasteiger partial charge in [-0.1, -0.05) is 0 Å². The Morgan fingerprint density at radius 3 is 2.84 bits per heavy atom. The number of aliphatic carboxylic acids is 1. The Hall–Kier alpha value is -1.43. The van der Waals surface area contributed by atoms with Gasteiger partial charge in [-0.05, 0) is 32.1 Å². The first-order chi connectivity index (χ1) is 9.06. The maximum atomic E-state index is 11.9. The summed E-state index contributed by atoms with van der Waals surface area (Å²) < 4.78 is 0. The molecule has 104 valence electrons. The summed E-state index contributed by atoms with van der Waals surface area (Å²) in [5.74, 6) is -0.214. The molecule has 0 saturated heterocycles. The molecule has 0 atom stereocenters. The number of carbonyl (C=O) groups excluding carboxylic acids is 1. The lowest BCUT2D eigenvalue weighted by molar-refractivity contribution is -0.137. The zero-order chi connectivity index (χ0) is 13.8. The van der Waals surface area contributed by atoms with Crippen LogP contribution < -0.4 is 5.32 Å². The topological polar surface area (TPSA) is 79.3 Å². The van der Waals surface area contributed by atoms with E-state index in [1.807, 2.05) is 6.92 Å². The van der Waals surface area contributed by atoms with Gasteiger partial charge in [0, 0.05) is 19.4 Å². The highest BCUT2D eigenvalue weighted by Gasteiger charge is 2.24. The molecule has 1 heterocycles. The molecule has 0 unspecified atom stereocenters. The largest absolute Gasteiger partial charge is 0.481 e. The van der Waals surface area contributed by atoms with Gasteiger partial charge in [-0.25, -0.2) is 4.98 Å². The summed E-state index contributed by atoms with van der Waals surface area (Å²) in [6.07, 6.45) is 4.06. The number of amides is 1. The molecule has 6 heteroatoms. The number of thiazole rings is 1. The Balaban J connectivity index is 1.83. The quantitative estimate of drug-likeness (QED) is 0.750. The molecule has 1 amide bonds. The fourth-order valence-corrected chi connectivity index (χ4v) is 2.94. The van der Waals surface area contributed by atoms with Crippen molar-refractivity contribution in [1.29, 1.82) is 0 Å². The number of rotatable bonds is 7. The maximum Gasteiger partial charge on any atom is 0.303 e. The number of aryl methyl sites for hydroxylation is 1. The molecule has 1 saturated carbocycles. The van der Waals surface area contributed by atoms with E-state index in [1.165, 1.54) is 24.2 Å². The van der Waals surface area contributed by atoms with E-state index in [9.17, 15) is 9.59 Å². The zero-order valence-corrected chi connectivity index (χ0v) is 11.8. The third-order valence-electron chi connectivity index (χ3n) is 3.06. The van der Waals surface area contributed by atoms with Gasteiger partial charge in [-0.2, -0.15) is 0 Å². The monoisotopic (exact) mass is 282 g/mol. The average molecular weight is 282 g/mol. The van der Waals surface area contributed by atoms with Crippen LogP contribution in [-0.2, 0) is 11.2 Å². The number of aromatic nitrogens is 1. The van der Waals surface area contributed by atoms with Gasteiger partial charge in [0.25, 0.3) is 5.91 Å². The Bertz CT molecular complexity index is 480. The summed E-state index contributed by atoms with van der Waals surface area (Å²) in [4.78, 5) is 27.4. The Kier molecular flexibility index (Phi) is 4.52. The second kappa shape index (κ2) is 6.14. The smallest absolute Gasteiger partial charge is 0.303 e. The van der Waals surface area contributed by atoms with Crippen molar-refractivity contribution < 1.29 is 14.7 Å². The minimum absolute atomic E-state index is 0.0783. The minimum Gasteiger partial charge on any atom is -0.481 e. The second-order valence-corrected chi connectivity index (χ2v) is 6.01. The van der Waals surface area contributed by atoms with Gasteiger partial charge in [-0.15, -0.1) is 11.3 Å². The van der Waals surface area contributed by atoms with Gasteiger partial charge in [0.15, 0.2) is 0 Å². The van der Waals surface area contributed by atoms with E-state index >= 15 is 0 Å². The predicted molar refractivity (Wildman–Crippen MR) is 72.5 cm³/mol. The van der Waals surface area contributed by atoms with E-state index in [-0.39, 0.29) is 12.3 Å². The van der Waals surface area contributed by atoms with Gasteiger partial charge in [0.05, 0.1) is 10.7 Å². The highest BCUT2D eigenvalue weighted by atomic mass is 32.1. The molecule has 1 aliphatic rings. The molecule has 5 nitrogen and oxygen atoms in total. The SMILES string of the molecule is Cc1nc(CC2CC2)sc1C(=O)NCCCC(=O)O. The van der Waals surface area contributed by atoms with Crippen LogP contribution in [0.2, 0.25) is 0 Å². The first-order valence-corrected chi connectivity index (χ1v) is 7.34. The summed E-state index contributed by atoms with van der Waals surface area (Å²) in [6, 6.07) is 0. The molecule has 0 radical (unpaired) electrons. The van der Waals surface area contributed by atoms with Gasteiger partial charge in [0.2, 0.25) is 0 Å². The molecule has 2 N–H and O–H groups in total. The van der Waals surface area contributed by atoms with Gasteiger partial charge in [0.1, 0.15) is 4.88 Å². The van der Waals surface area contributed by atoms with Crippen LogP contribution in [0.25, 0.3) is 0 Å². The molecule has 1 aliphatic carbocycles. The molecule has 0 bridgehead atoms. The predicted octanol–water partition coefficient (Wildman–Crippen LogP) is 2.00. The number of carboxylic acid groups (broad SMARTS) is 1. The van der Waals surface area contributed by atoms with Crippen molar-refractivity contribution in [3.05, 3.63) is 15.6 Å². The molecule has 0 spiro atoms. The Morgan fingerprint density at radius 2 is 2.21 bits per heavy atom. The number of hydrogen-bond donors (Lipinski definition) is 2. The van der Waals surface area contributed by atoms with Gasteiger partial charge < -0.3 is 10.4 Å². The van der Waals surface area contributed by atoms with Crippen LogP contribution in [0.5, 0.6) is 0 Å². The summed E-state index contributed by atoms with van der Waals surface area (Å²) >= 11 is 1.46. The molecule has 1 aromatic rings. The average Bonchev–Trinajstić information content (AvgIpc) is 3.07. The lowest BCUT2D eigenvalue weighted by Crippen LogP contribution is -2.24. The van der Waals surface area contributed by atoms with Crippen LogP contribution in [0, 0.1) is 12.8 Å². The molecule has 2 rings (SSSR count). The highest BCUT2D eigenvalue weighted by molar-refractivity contribution is 7.13. The second-order valence-electron chi connectivity index (χ2n) is 4.92. The van der Waals surface area contributed by atoms with Crippen molar-refractivity contribution in [2.75, 3.05) is 6.54 Å². The number of nitrogens with one attached hydrogen (secondary N) is 1. The standard InChI is InChI=1S/C13H18N2O3S/c1-8-12(13(18)14-6-2-3-11(16)17)19-10(15-8)7-9-4-5-9/h9H,2-7H2,1H3,(H,14,18)(H,16,17).